The van der Waals surface area contributed by atoms with Crippen LogP contribution in [0.25, 0.3) is 11.1 Å². The number of ether oxygens (including phenoxy) is 4. The number of nitriles is 2. The van der Waals surface area contributed by atoms with Crippen LogP contribution in [0.2, 0.25) is 10.0 Å². The molecule has 0 unspecified atom stereocenters. The number of halogens is 2. The van der Waals surface area contributed by atoms with E-state index in [-0.39, 0.29) is 83.7 Å². The third-order valence-corrected chi connectivity index (χ3v) is 11.9. The number of pyridine rings is 2. The Balaban J connectivity index is 0.996. The Hall–Kier alpha value is -8.96. The summed E-state index contributed by atoms with van der Waals surface area (Å²) in [5.74, 6) is 0.0943. The van der Waals surface area contributed by atoms with Gasteiger partial charge in [0.2, 0.25) is 0 Å². The van der Waals surface area contributed by atoms with Crippen LogP contribution in [-0.4, -0.2) is 41.7 Å². The first-order chi connectivity index (χ1) is 35.1. The predicted molar refractivity (Wildman–Crippen MR) is 266 cm³/mol. The van der Waals surface area contributed by atoms with E-state index in [1.165, 1.54) is 37.2 Å². The fourth-order valence-corrected chi connectivity index (χ4v) is 7.85. The average Bonchev–Trinajstić information content (AvgIpc) is 3.41. The van der Waals surface area contributed by atoms with E-state index in [0.29, 0.717) is 33.6 Å². The third-order valence-electron chi connectivity index (χ3n) is 11.3. The van der Waals surface area contributed by atoms with Crippen LogP contribution in [0.15, 0.2) is 135 Å². The van der Waals surface area contributed by atoms with Crippen molar-refractivity contribution in [2.75, 3.05) is 0 Å². The number of carbonyl (C=O) groups is 2. The number of aromatic nitrogens is 6. The number of hydrogen-bond donors (Lipinski definition) is 2. The topological polar surface area (TPSA) is 220 Å². The van der Waals surface area contributed by atoms with Gasteiger partial charge in [0, 0.05) is 60.4 Å². The summed E-state index contributed by atoms with van der Waals surface area (Å²) in [5, 5.41) is 24.9. The molecule has 358 valence electrons. The number of benzene rings is 4. The maximum Gasteiger partial charge on any atom is 0.255 e. The lowest BCUT2D eigenvalue weighted by Gasteiger charge is -2.19. The molecule has 0 bridgehead atoms. The van der Waals surface area contributed by atoms with Gasteiger partial charge < -0.3 is 29.6 Å². The Morgan fingerprint density at radius 3 is 1.38 bits per heavy atom. The lowest BCUT2D eigenvalue weighted by atomic mass is 9.92. The number of hydrogen-bond acceptors (Lipinski definition) is 14. The molecule has 2 N–H and O–H groups in total. The third kappa shape index (κ3) is 12.4. The van der Waals surface area contributed by atoms with Crippen LogP contribution < -0.4 is 29.6 Å². The highest BCUT2D eigenvalue weighted by Gasteiger charge is 2.21. The second-order valence-corrected chi connectivity index (χ2v) is 16.9. The van der Waals surface area contributed by atoms with Gasteiger partial charge in [0.05, 0.1) is 56.8 Å². The van der Waals surface area contributed by atoms with Gasteiger partial charge >= 0.3 is 0 Å². The highest BCUT2D eigenvalue weighted by molar-refractivity contribution is 6.33. The molecule has 0 aliphatic rings. The second-order valence-electron chi connectivity index (χ2n) is 16.0. The summed E-state index contributed by atoms with van der Waals surface area (Å²) in [6, 6.07) is 28.9. The molecule has 72 heavy (non-hydrogen) atoms. The van der Waals surface area contributed by atoms with Gasteiger partial charge in [-0.3, -0.25) is 19.6 Å². The number of nitrogens with zero attached hydrogens (tertiary/aromatic N) is 8. The van der Waals surface area contributed by atoms with Crippen molar-refractivity contribution >= 4 is 35.0 Å². The fourth-order valence-electron chi connectivity index (χ4n) is 7.41. The zero-order valence-electron chi connectivity index (χ0n) is 38.7. The highest BCUT2D eigenvalue weighted by Crippen LogP contribution is 2.37. The van der Waals surface area contributed by atoms with Crippen LogP contribution in [0.4, 0.5) is 0 Å². The fraction of sp³-hybridized carbons (Fsp3) is 0.148. The van der Waals surface area contributed by atoms with Crippen molar-refractivity contribution < 1.29 is 28.5 Å². The molecule has 0 aliphatic heterocycles. The first-order valence-electron chi connectivity index (χ1n) is 22.2. The van der Waals surface area contributed by atoms with E-state index in [9.17, 15) is 20.1 Å². The molecular formula is C54H42Cl2N10O6. The molecule has 8 aromatic rings. The van der Waals surface area contributed by atoms with Crippen molar-refractivity contribution in [1.82, 2.24) is 40.5 Å². The van der Waals surface area contributed by atoms with Gasteiger partial charge in [0.15, 0.2) is 0 Å². The molecule has 4 aromatic carbocycles. The quantitative estimate of drug-likeness (QED) is 0.0771. The van der Waals surface area contributed by atoms with Gasteiger partial charge in [-0.2, -0.15) is 10.5 Å². The summed E-state index contributed by atoms with van der Waals surface area (Å²) in [6.07, 6.45) is 12.0. The van der Waals surface area contributed by atoms with Crippen LogP contribution >= 0.6 is 23.2 Å². The molecule has 0 saturated heterocycles. The van der Waals surface area contributed by atoms with Gasteiger partial charge in [-0.15, -0.1) is 0 Å². The van der Waals surface area contributed by atoms with Gasteiger partial charge in [0.25, 0.3) is 11.8 Å². The van der Waals surface area contributed by atoms with Gasteiger partial charge in [-0.1, -0.05) is 59.6 Å². The molecule has 16 nitrogen and oxygen atoms in total. The largest absolute Gasteiger partial charge is 0.488 e. The van der Waals surface area contributed by atoms with Crippen molar-refractivity contribution in [1.29, 1.82) is 10.5 Å². The van der Waals surface area contributed by atoms with Gasteiger partial charge in [-0.25, -0.2) is 19.9 Å². The van der Waals surface area contributed by atoms with Crippen LogP contribution in [0, 0.1) is 36.5 Å². The Kier molecular flexibility index (Phi) is 16.2. The normalized spacial score (nSPS) is 10.6. The minimum Gasteiger partial charge on any atom is -0.488 e. The van der Waals surface area contributed by atoms with Crippen LogP contribution in [0.5, 0.6) is 23.0 Å². The lowest BCUT2D eigenvalue weighted by molar-refractivity contribution is 0.0937. The lowest BCUT2D eigenvalue weighted by Crippen LogP contribution is -2.24. The van der Waals surface area contributed by atoms with Gasteiger partial charge in [-0.05, 0) is 83.6 Å². The number of nitrogens with one attached hydrogen (secondary N) is 2. The van der Waals surface area contributed by atoms with Crippen molar-refractivity contribution in [3.8, 4) is 46.3 Å². The van der Waals surface area contributed by atoms with E-state index in [4.69, 9.17) is 42.1 Å². The summed E-state index contributed by atoms with van der Waals surface area (Å²) in [4.78, 5) is 51.5. The minimum absolute atomic E-state index is 0.0126. The minimum atomic E-state index is -0.448. The highest BCUT2D eigenvalue weighted by atomic mass is 35.5. The summed E-state index contributed by atoms with van der Waals surface area (Å²) in [7, 11) is 0. The van der Waals surface area contributed by atoms with Crippen LogP contribution in [0.1, 0.15) is 76.6 Å². The first-order valence-corrected chi connectivity index (χ1v) is 22.9. The zero-order valence-corrected chi connectivity index (χ0v) is 40.2. The molecule has 0 atom stereocenters. The molecule has 0 aliphatic carbocycles. The molecule has 0 fully saturated rings. The summed E-state index contributed by atoms with van der Waals surface area (Å²) >= 11 is 13.6. The number of amides is 2. The SMILES string of the molecule is Cc1c(COc2cc(OCc3cncc(C#N)c3)c(C(=O)NCc3ccncn3)cc2Cl)cccc1-c1cccc(COc2cc(OCc3cncc(C#N)c3)c(C(=O)NCc3ccncn3)cc2Cl)c1C. The van der Waals surface area contributed by atoms with E-state index in [1.807, 2.05) is 50.2 Å². The van der Waals surface area contributed by atoms with Crippen molar-refractivity contribution in [2.45, 2.75) is 53.4 Å². The molecule has 0 saturated carbocycles. The monoisotopic (exact) mass is 996 g/mol. The van der Waals surface area contributed by atoms with Gasteiger partial charge in [0.1, 0.15) is 74.2 Å². The molecule has 8 rings (SSSR count). The molecular weight excluding hydrogens is 956 g/mol. The smallest absolute Gasteiger partial charge is 0.255 e. The number of carbonyl (C=O) groups excluding carboxylic acids is 2. The van der Waals surface area contributed by atoms with E-state index in [1.54, 1.807) is 61.2 Å². The molecule has 4 aromatic heterocycles. The van der Waals surface area contributed by atoms with Crippen molar-refractivity contribution in [2.24, 2.45) is 0 Å². The zero-order chi connectivity index (χ0) is 50.4. The maximum atomic E-state index is 13.5. The van der Waals surface area contributed by atoms with E-state index in [0.717, 1.165) is 33.4 Å². The van der Waals surface area contributed by atoms with Crippen molar-refractivity contribution in [3.63, 3.8) is 0 Å². The molecule has 4 heterocycles. The molecule has 18 heteroatoms. The van der Waals surface area contributed by atoms with E-state index < -0.39 is 11.8 Å². The first kappa shape index (κ1) is 49.5. The Bertz CT molecular complexity index is 3130. The van der Waals surface area contributed by atoms with Crippen LogP contribution in [-0.2, 0) is 39.5 Å². The van der Waals surface area contributed by atoms with E-state index in [2.05, 4.69) is 52.7 Å². The predicted octanol–water partition coefficient (Wildman–Crippen LogP) is 9.57. The summed E-state index contributed by atoms with van der Waals surface area (Å²) in [5.41, 5.74) is 9.19. The second kappa shape index (κ2) is 23.6. The molecule has 0 spiro atoms. The Morgan fingerprint density at radius 2 is 0.972 bits per heavy atom. The molecule has 2 amide bonds. The van der Waals surface area contributed by atoms with Crippen LogP contribution in [0.3, 0.4) is 0 Å². The number of rotatable bonds is 19. The summed E-state index contributed by atoms with van der Waals surface area (Å²) in [6.45, 7) is 4.60. The van der Waals surface area contributed by atoms with E-state index >= 15 is 0 Å². The standard InChI is InChI=1S/C54H42Cl2N10O6/c1-33-39(29-71-51-17-49(69-27-37-13-35(19-57)21-61-23-37)45(15-47(51)55)53(67)63-25-41-9-11-59-31-65-41)5-3-7-43(33)44-8-4-6-40(34(44)2)30-72-52-18-50(70-28-38-14-36(20-58)22-62-24-38)46(16-48(52)56)54(68)64-26-42-10-12-60-32-66-42/h3-18,21-24,31-32H,25-30H2,1-2H3,(H,63,67)(H,64,68). The average molecular weight is 998 g/mol. The maximum absolute atomic E-state index is 13.5. The Morgan fingerprint density at radius 1 is 0.542 bits per heavy atom. The molecule has 0 radical (unpaired) electrons. The Labute approximate surface area is 424 Å². The summed E-state index contributed by atoms with van der Waals surface area (Å²) < 4.78 is 25.1. The van der Waals surface area contributed by atoms with Crippen molar-refractivity contribution in [3.05, 3.63) is 212 Å².